The summed E-state index contributed by atoms with van der Waals surface area (Å²) < 4.78 is 40.7. The van der Waals surface area contributed by atoms with Crippen LogP contribution in [-0.2, 0) is 10.0 Å². The summed E-state index contributed by atoms with van der Waals surface area (Å²) in [4.78, 5) is 3.20. The normalized spacial score (nSPS) is 11.3. The van der Waals surface area contributed by atoms with Gasteiger partial charge in [0.2, 0.25) is 0 Å². The second-order valence-electron chi connectivity index (χ2n) is 3.75. The summed E-state index contributed by atoms with van der Waals surface area (Å²) in [5.41, 5.74) is 5.02. The predicted molar refractivity (Wildman–Crippen MR) is 78.6 cm³/mol. The number of anilines is 2. The molecule has 0 aliphatic carbocycles. The predicted octanol–water partition coefficient (Wildman–Crippen LogP) is 3.02. The van der Waals surface area contributed by atoms with E-state index in [1.807, 2.05) is 0 Å². The number of pyridine rings is 1. The number of hydrogen-bond acceptors (Lipinski definition) is 4. The first-order valence-corrected chi connectivity index (χ1v) is 7.84. The maximum absolute atomic E-state index is 13.8. The minimum atomic E-state index is -4.19. The highest BCUT2D eigenvalue weighted by Crippen LogP contribution is 2.28. The smallest absolute Gasteiger partial charge is 0.266 e. The number of nitrogen functional groups attached to an aromatic ring is 1. The summed E-state index contributed by atoms with van der Waals surface area (Å²) in [6.07, 6.45) is 1.39. The van der Waals surface area contributed by atoms with Crippen LogP contribution in [-0.4, -0.2) is 13.4 Å². The molecule has 0 saturated carbocycles. The van der Waals surface area contributed by atoms with E-state index in [1.54, 1.807) is 12.1 Å². The van der Waals surface area contributed by atoms with Gasteiger partial charge < -0.3 is 5.73 Å². The van der Waals surface area contributed by atoms with Crippen molar-refractivity contribution in [3.63, 3.8) is 0 Å². The van der Waals surface area contributed by atoms with Crippen molar-refractivity contribution in [3.05, 3.63) is 45.8 Å². The zero-order valence-electron chi connectivity index (χ0n) is 9.77. The third kappa shape index (κ3) is 3.02. The average molecular weight is 381 g/mol. The molecule has 5 nitrogen and oxygen atoms in total. The molecule has 2 rings (SSSR count). The molecule has 1 heterocycles. The third-order valence-electron chi connectivity index (χ3n) is 2.31. The maximum Gasteiger partial charge on any atom is 0.266 e. The number of nitrogens with two attached hydrogens (primary N) is 1. The Bertz CT molecular complexity index is 770. The van der Waals surface area contributed by atoms with Crippen LogP contribution in [0.5, 0.6) is 0 Å². The molecule has 0 aliphatic heterocycles. The van der Waals surface area contributed by atoms with Gasteiger partial charge in [-0.3, -0.25) is 4.72 Å². The van der Waals surface area contributed by atoms with Crippen LogP contribution in [0.1, 0.15) is 0 Å². The van der Waals surface area contributed by atoms with Crippen molar-refractivity contribution in [1.82, 2.24) is 4.98 Å². The number of rotatable bonds is 3. The second-order valence-corrected chi connectivity index (χ2v) is 6.69. The Morgan fingerprint density at radius 1 is 1.40 bits per heavy atom. The maximum atomic E-state index is 13.8. The van der Waals surface area contributed by atoms with Gasteiger partial charge >= 0.3 is 0 Å². The van der Waals surface area contributed by atoms with Gasteiger partial charge in [-0.15, -0.1) is 0 Å². The lowest BCUT2D eigenvalue weighted by Gasteiger charge is -2.10. The van der Waals surface area contributed by atoms with Gasteiger partial charge in [-0.05, 0) is 40.2 Å². The minimum absolute atomic E-state index is 0.0179. The molecule has 3 N–H and O–H groups in total. The summed E-state index contributed by atoms with van der Waals surface area (Å²) in [6.45, 7) is 0. The van der Waals surface area contributed by atoms with Crippen molar-refractivity contribution in [2.24, 2.45) is 0 Å². The Balaban J connectivity index is 2.49. The van der Waals surface area contributed by atoms with E-state index in [0.29, 0.717) is 4.47 Å². The van der Waals surface area contributed by atoms with Crippen LogP contribution in [0.15, 0.2) is 39.8 Å². The molecular weight excluding hydrogens is 373 g/mol. The van der Waals surface area contributed by atoms with E-state index in [1.165, 1.54) is 6.20 Å². The molecule has 0 aliphatic rings. The summed E-state index contributed by atoms with van der Waals surface area (Å²) in [5.74, 6) is -1.03. The monoisotopic (exact) mass is 379 g/mol. The van der Waals surface area contributed by atoms with Crippen LogP contribution < -0.4 is 10.5 Å². The number of benzene rings is 1. The fraction of sp³-hybridized carbons (Fsp3) is 0. The van der Waals surface area contributed by atoms with E-state index in [-0.39, 0.29) is 16.5 Å². The molecule has 0 bridgehead atoms. The van der Waals surface area contributed by atoms with Gasteiger partial charge in [0.25, 0.3) is 10.0 Å². The molecule has 1 aromatic heterocycles. The molecule has 0 saturated heterocycles. The number of nitrogens with one attached hydrogen (secondary N) is 1. The van der Waals surface area contributed by atoms with Gasteiger partial charge in [0.1, 0.15) is 4.90 Å². The lowest BCUT2D eigenvalue weighted by Crippen LogP contribution is -2.16. The number of halogens is 3. The first-order valence-electron chi connectivity index (χ1n) is 5.19. The molecule has 0 amide bonds. The molecule has 9 heteroatoms. The molecule has 106 valence electrons. The van der Waals surface area contributed by atoms with Gasteiger partial charge in [-0.25, -0.2) is 17.8 Å². The van der Waals surface area contributed by atoms with E-state index in [4.69, 9.17) is 17.3 Å². The Hall–Kier alpha value is -1.38. The van der Waals surface area contributed by atoms with Crippen LogP contribution >= 0.6 is 27.5 Å². The molecule has 0 fully saturated rings. The van der Waals surface area contributed by atoms with Crippen LogP contribution in [0.25, 0.3) is 0 Å². The molecule has 0 radical (unpaired) electrons. The van der Waals surface area contributed by atoms with Gasteiger partial charge in [-0.1, -0.05) is 11.6 Å². The standard InChI is InChI=1S/C11H8BrClFN3O2S/c12-7-2-1-3-16-11(7)17-20(18,19)9-5-6(13)4-8(15)10(9)14/h1-5H,15H2,(H,16,17). The Kier molecular flexibility index (Phi) is 4.17. The van der Waals surface area contributed by atoms with Crippen molar-refractivity contribution >= 4 is 49.1 Å². The summed E-state index contributed by atoms with van der Waals surface area (Å²) in [5, 5.41) is 0.0179. The van der Waals surface area contributed by atoms with E-state index in [0.717, 1.165) is 12.1 Å². The van der Waals surface area contributed by atoms with Crippen LogP contribution in [0.2, 0.25) is 5.02 Å². The average Bonchev–Trinajstić information content (AvgIpc) is 2.36. The SMILES string of the molecule is Nc1cc(Cl)cc(S(=O)(=O)Nc2ncccc2Br)c1F. The fourth-order valence-electron chi connectivity index (χ4n) is 1.42. The molecule has 2 aromatic rings. The van der Waals surface area contributed by atoms with Gasteiger partial charge in [-0.2, -0.15) is 0 Å². The van der Waals surface area contributed by atoms with E-state index < -0.39 is 20.7 Å². The van der Waals surface area contributed by atoms with Crippen molar-refractivity contribution in [2.45, 2.75) is 4.90 Å². The van der Waals surface area contributed by atoms with Gasteiger partial charge in [0.05, 0.1) is 10.2 Å². The number of sulfonamides is 1. The molecule has 20 heavy (non-hydrogen) atoms. The quantitative estimate of drug-likeness (QED) is 0.802. The fourth-order valence-corrected chi connectivity index (χ4v) is 3.36. The van der Waals surface area contributed by atoms with Crippen LogP contribution in [0, 0.1) is 5.82 Å². The first-order chi connectivity index (χ1) is 9.31. The highest BCUT2D eigenvalue weighted by molar-refractivity contribution is 9.10. The largest absolute Gasteiger partial charge is 0.396 e. The van der Waals surface area contributed by atoms with Crippen LogP contribution in [0.4, 0.5) is 15.9 Å². The van der Waals surface area contributed by atoms with E-state index in [9.17, 15) is 12.8 Å². The zero-order chi connectivity index (χ0) is 14.9. The van der Waals surface area contributed by atoms with Crippen molar-refractivity contribution in [2.75, 3.05) is 10.5 Å². The highest BCUT2D eigenvalue weighted by atomic mass is 79.9. The minimum Gasteiger partial charge on any atom is -0.396 e. The third-order valence-corrected chi connectivity index (χ3v) is 4.51. The summed E-state index contributed by atoms with van der Waals surface area (Å²) >= 11 is 8.83. The lowest BCUT2D eigenvalue weighted by atomic mass is 10.3. The Morgan fingerprint density at radius 3 is 2.75 bits per heavy atom. The summed E-state index contributed by atoms with van der Waals surface area (Å²) in [7, 11) is -4.19. The molecule has 0 unspecified atom stereocenters. The van der Waals surface area contributed by atoms with Crippen LogP contribution in [0.3, 0.4) is 0 Å². The highest BCUT2D eigenvalue weighted by Gasteiger charge is 2.23. The molecule has 1 aromatic carbocycles. The molecule has 0 atom stereocenters. The van der Waals surface area contributed by atoms with Gasteiger partial charge in [0, 0.05) is 11.2 Å². The summed E-state index contributed by atoms with van der Waals surface area (Å²) in [6, 6.07) is 5.31. The molecular formula is C11H8BrClFN3O2S. The van der Waals surface area contributed by atoms with Crippen molar-refractivity contribution in [1.29, 1.82) is 0 Å². The van der Waals surface area contributed by atoms with Crippen molar-refractivity contribution in [3.8, 4) is 0 Å². The van der Waals surface area contributed by atoms with Crippen molar-refractivity contribution < 1.29 is 12.8 Å². The first kappa shape index (κ1) is 15.0. The molecule has 0 spiro atoms. The number of aromatic nitrogens is 1. The number of nitrogens with zero attached hydrogens (tertiary/aromatic N) is 1. The Labute approximate surface area is 128 Å². The second kappa shape index (κ2) is 5.55. The topological polar surface area (TPSA) is 85.1 Å². The van der Waals surface area contributed by atoms with Gasteiger partial charge in [0.15, 0.2) is 11.6 Å². The lowest BCUT2D eigenvalue weighted by molar-refractivity contribution is 0.572. The van der Waals surface area contributed by atoms with E-state index >= 15 is 0 Å². The number of hydrogen-bond donors (Lipinski definition) is 2. The zero-order valence-corrected chi connectivity index (χ0v) is 12.9. The van der Waals surface area contributed by atoms with E-state index in [2.05, 4.69) is 25.6 Å². The Morgan fingerprint density at radius 2 is 2.10 bits per heavy atom.